The van der Waals surface area contributed by atoms with Gasteiger partial charge in [0.1, 0.15) is 17.3 Å². The van der Waals surface area contributed by atoms with Gasteiger partial charge < -0.3 is 10.2 Å². The summed E-state index contributed by atoms with van der Waals surface area (Å²) in [5, 5.41) is 5.82. The molecule has 2 heterocycles. The van der Waals surface area contributed by atoms with Crippen molar-refractivity contribution in [3.8, 4) is 11.3 Å². The van der Waals surface area contributed by atoms with Gasteiger partial charge in [-0.25, -0.2) is 9.40 Å². The van der Waals surface area contributed by atoms with Gasteiger partial charge in [-0.15, -0.1) is 0 Å². The molecule has 0 aliphatic heterocycles. The Morgan fingerprint density at radius 2 is 2.12 bits per heavy atom. The van der Waals surface area contributed by atoms with E-state index in [1.54, 1.807) is 30.5 Å². The number of pyridine rings is 1. The van der Waals surface area contributed by atoms with E-state index < -0.39 is 0 Å². The molecule has 0 saturated heterocycles. The van der Waals surface area contributed by atoms with Crippen molar-refractivity contribution in [2.75, 3.05) is 0 Å². The van der Waals surface area contributed by atoms with Crippen LogP contribution in [0.2, 0.25) is 0 Å². The van der Waals surface area contributed by atoms with Crippen LogP contribution in [0.1, 0.15) is 11.5 Å². The summed E-state index contributed by atoms with van der Waals surface area (Å²) in [7, 11) is 0. The van der Waals surface area contributed by atoms with Gasteiger partial charge >= 0.3 is 0 Å². The fraction of sp³-hybridized carbons (Fsp3) is 0.0556. The largest absolute Gasteiger partial charge is 0.455 e. The highest BCUT2D eigenvalue weighted by Crippen LogP contribution is 2.22. The van der Waals surface area contributed by atoms with Crippen LogP contribution in [0.15, 0.2) is 70.3 Å². The predicted molar refractivity (Wildman–Crippen MR) is 98.3 cm³/mol. The van der Waals surface area contributed by atoms with Crippen LogP contribution in [-0.2, 0) is 6.54 Å². The molecule has 3 aromatic rings. The number of halogens is 1. The van der Waals surface area contributed by atoms with Gasteiger partial charge in [0.25, 0.3) is 0 Å². The average Bonchev–Trinajstić information content (AvgIpc) is 3.08. The summed E-state index contributed by atoms with van der Waals surface area (Å²) in [4.78, 5) is 4.22. The molecule has 0 spiro atoms. The Hall–Kier alpha value is -3.06. The molecule has 3 rings (SSSR count). The smallest absolute Gasteiger partial charge is 0.187 e. The van der Waals surface area contributed by atoms with Crippen LogP contribution >= 0.6 is 12.2 Å². The number of thiocarbonyl (C=S) groups is 1. The zero-order valence-electron chi connectivity index (χ0n) is 13.2. The summed E-state index contributed by atoms with van der Waals surface area (Å²) < 4.78 is 19.0. The maximum Gasteiger partial charge on any atom is 0.187 e. The normalized spacial score (nSPS) is 10.9. The molecule has 2 aromatic heterocycles. The molecule has 0 atom stereocenters. The maximum atomic E-state index is 13.3. The van der Waals surface area contributed by atoms with Crippen molar-refractivity contribution < 1.29 is 8.81 Å². The molecular weight excluding hydrogens is 339 g/mol. The molecule has 0 aliphatic carbocycles. The zero-order chi connectivity index (χ0) is 17.6. The van der Waals surface area contributed by atoms with Crippen LogP contribution in [0.5, 0.6) is 0 Å². The van der Waals surface area contributed by atoms with Gasteiger partial charge in [0.15, 0.2) is 5.11 Å². The minimum atomic E-state index is -0.320. The van der Waals surface area contributed by atoms with Gasteiger partial charge in [0.2, 0.25) is 0 Å². The second kappa shape index (κ2) is 7.67. The molecule has 7 heteroatoms. The number of hydrazone groups is 1. The first kappa shape index (κ1) is 16.8. The first-order valence-electron chi connectivity index (χ1n) is 7.48. The van der Waals surface area contributed by atoms with E-state index >= 15 is 0 Å². The average molecular weight is 354 g/mol. The van der Waals surface area contributed by atoms with Gasteiger partial charge in [-0.05, 0) is 48.6 Å². The van der Waals surface area contributed by atoms with Crippen LogP contribution in [0.25, 0.3) is 11.3 Å². The van der Waals surface area contributed by atoms with E-state index in [-0.39, 0.29) is 10.9 Å². The predicted octanol–water partition coefficient (Wildman–Crippen LogP) is 3.56. The summed E-state index contributed by atoms with van der Waals surface area (Å²) in [6, 6.07) is 15.2. The third-order valence-electron chi connectivity index (χ3n) is 3.35. The molecule has 0 aliphatic rings. The standard InChI is InChI=1S/C18H15FN4OS/c19-14-5-3-4-13(10-14)17-8-7-16(24-17)11-22-23(18(20)25)12-15-6-1-2-9-21-15/h1-11H,12H2,(H2,20,25). The summed E-state index contributed by atoms with van der Waals surface area (Å²) in [6.45, 7) is 0.351. The quantitative estimate of drug-likeness (QED) is 0.431. The number of nitrogens with zero attached hydrogens (tertiary/aromatic N) is 3. The molecule has 0 bridgehead atoms. The Bertz CT molecular complexity index is 895. The van der Waals surface area contributed by atoms with E-state index in [1.165, 1.54) is 23.4 Å². The van der Waals surface area contributed by atoms with Crippen molar-refractivity contribution in [3.63, 3.8) is 0 Å². The van der Waals surface area contributed by atoms with E-state index in [0.29, 0.717) is 23.6 Å². The minimum Gasteiger partial charge on any atom is -0.455 e. The Kier molecular flexibility index (Phi) is 5.15. The van der Waals surface area contributed by atoms with E-state index in [2.05, 4.69) is 10.1 Å². The first-order chi connectivity index (χ1) is 12.1. The van der Waals surface area contributed by atoms with Gasteiger partial charge in [-0.3, -0.25) is 4.98 Å². The number of hydrogen-bond acceptors (Lipinski definition) is 4. The monoisotopic (exact) mass is 354 g/mol. The molecule has 2 N–H and O–H groups in total. The van der Waals surface area contributed by atoms with Crippen molar-refractivity contribution in [1.29, 1.82) is 0 Å². The highest BCUT2D eigenvalue weighted by Gasteiger charge is 2.08. The molecule has 0 fully saturated rings. The van der Waals surface area contributed by atoms with Crippen molar-refractivity contribution in [2.45, 2.75) is 6.54 Å². The molecular formula is C18H15FN4OS. The molecule has 5 nitrogen and oxygen atoms in total. The lowest BCUT2D eigenvalue weighted by atomic mass is 10.2. The van der Waals surface area contributed by atoms with Crippen molar-refractivity contribution in [1.82, 2.24) is 9.99 Å². The summed E-state index contributed by atoms with van der Waals surface area (Å²) in [5.74, 6) is 0.730. The first-order valence-corrected chi connectivity index (χ1v) is 7.89. The Morgan fingerprint density at radius 3 is 2.84 bits per heavy atom. The summed E-state index contributed by atoms with van der Waals surface area (Å²) in [6.07, 6.45) is 3.19. The van der Waals surface area contributed by atoms with Gasteiger partial charge in [-0.2, -0.15) is 5.10 Å². The van der Waals surface area contributed by atoms with Crippen molar-refractivity contribution in [3.05, 3.63) is 78.1 Å². The van der Waals surface area contributed by atoms with Crippen LogP contribution < -0.4 is 5.73 Å². The fourth-order valence-electron chi connectivity index (χ4n) is 2.17. The molecule has 25 heavy (non-hydrogen) atoms. The van der Waals surface area contributed by atoms with Crippen LogP contribution in [0.3, 0.4) is 0 Å². The third-order valence-corrected chi connectivity index (χ3v) is 3.56. The topological polar surface area (TPSA) is 67.7 Å². The zero-order valence-corrected chi connectivity index (χ0v) is 14.0. The van der Waals surface area contributed by atoms with Gasteiger partial charge in [0, 0.05) is 11.8 Å². The molecule has 126 valence electrons. The Morgan fingerprint density at radius 1 is 1.24 bits per heavy atom. The fourth-order valence-corrected chi connectivity index (χ4v) is 2.28. The lowest BCUT2D eigenvalue weighted by molar-refractivity contribution is 0.437. The third kappa shape index (κ3) is 4.48. The SMILES string of the molecule is NC(=S)N(Cc1ccccn1)N=Cc1ccc(-c2cccc(F)c2)o1. The number of benzene rings is 1. The van der Waals surface area contributed by atoms with E-state index in [0.717, 1.165) is 5.69 Å². The number of rotatable bonds is 5. The van der Waals surface area contributed by atoms with Crippen LogP contribution in [0, 0.1) is 5.82 Å². The number of hydrogen-bond donors (Lipinski definition) is 1. The number of furan rings is 1. The lowest BCUT2D eigenvalue weighted by Gasteiger charge is -2.15. The van der Waals surface area contributed by atoms with Gasteiger partial charge in [-0.1, -0.05) is 18.2 Å². The summed E-state index contributed by atoms with van der Waals surface area (Å²) >= 11 is 5.02. The highest BCUT2D eigenvalue weighted by atomic mass is 32.1. The van der Waals surface area contributed by atoms with Gasteiger partial charge in [0.05, 0.1) is 18.5 Å². The summed E-state index contributed by atoms with van der Waals surface area (Å²) in [5.41, 5.74) is 7.14. The van der Waals surface area contributed by atoms with Crippen LogP contribution in [-0.4, -0.2) is 21.3 Å². The Balaban J connectivity index is 1.75. The maximum absolute atomic E-state index is 13.3. The minimum absolute atomic E-state index is 0.124. The van der Waals surface area contributed by atoms with Crippen molar-refractivity contribution in [2.24, 2.45) is 10.8 Å². The molecule has 0 radical (unpaired) electrons. The molecule has 0 unspecified atom stereocenters. The highest BCUT2D eigenvalue weighted by molar-refractivity contribution is 7.80. The van der Waals surface area contributed by atoms with Crippen molar-refractivity contribution >= 4 is 23.5 Å². The van der Waals surface area contributed by atoms with Crippen LogP contribution in [0.4, 0.5) is 4.39 Å². The second-order valence-electron chi connectivity index (χ2n) is 5.17. The van der Waals surface area contributed by atoms with E-state index in [1.807, 2.05) is 18.2 Å². The molecule has 0 saturated carbocycles. The van der Waals surface area contributed by atoms with E-state index in [4.69, 9.17) is 22.4 Å². The number of nitrogens with two attached hydrogens (primary N) is 1. The molecule has 1 aromatic carbocycles. The van der Waals surface area contributed by atoms with E-state index in [9.17, 15) is 4.39 Å². The molecule has 0 amide bonds. The Labute approximate surface area is 149 Å². The lowest BCUT2D eigenvalue weighted by Crippen LogP contribution is -2.30. The second-order valence-corrected chi connectivity index (χ2v) is 5.59. The number of aromatic nitrogens is 1.